The fourth-order valence-corrected chi connectivity index (χ4v) is 6.28. The van der Waals surface area contributed by atoms with E-state index in [1.165, 1.54) is 13.3 Å². The summed E-state index contributed by atoms with van der Waals surface area (Å²) < 4.78 is 34.2. The number of fused-ring (bicyclic) bond motifs is 4. The van der Waals surface area contributed by atoms with E-state index >= 15 is 0 Å². The number of ether oxygens (including phenoxy) is 4. The van der Waals surface area contributed by atoms with Crippen LogP contribution in [-0.2, 0) is 30.3 Å². The Morgan fingerprint density at radius 2 is 1.95 bits per heavy atom. The number of esters is 1. The number of carbonyl (C=O) groups excluding carboxylic acids is 2. The lowest BCUT2D eigenvalue weighted by molar-refractivity contribution is -0.207. The van der Waals surface area contributed by atoms with E-state index in [1.54, 1.807) is 4.57 Å². The third-order valence-electron chi connectivity index (χ3n) is 8.47. The van der Waals surface area contributed by atoms with Gasteiger partial charge in [-0.2, -0.15) is 9.97 Å². The monoisotopic (exact) mass is 601 g/mol. The largest absolute Gasteiger partial charge is 0.519 e. The summed E-state index contributed by atoms with van der Waals surface area (Å²) in [4.78, 5) is 50.2. The van der Waals surface area contributed by atoms with Gasteiger partial charge in [0.15, 0.2) is 41.8 Å². The topological polar surface area (TPSA) is 184 Å². The Balaban J connectivity index is 1.26. The molecule has 4 atom stereocenters. The van der Waals surface area contributed by atoms with E-state index in [1.807, 2.05) is 0 Å². The molecule has 2 N–H and O–H groups in total. The predicted molar refractivity (Wildman–Crippen MR) is 143 cm³/mol. The number of halogens is 1. The van der Waals surface area contributed by atoms with E-state index in [9.17, 15) is 14.4 Å². The molecule has 3 aromatic rings. The molecule has 0 aromatic carbocycles. The van der Waals surface area contributed by atoms with Gasteiger partial charge in [-0.1, -0.05) is 5.92 Å². The van der Waals surface area contributed by atoms with Crippen molar-refractivity contribution in [1.29, 1.82) is 0 Å². The highest BCUT2D eigenvalue weighted by molar-refractivity contribution is 6.28. The smallest absolute Gasteiger partial charge is 0.458 e. The fraction of sp³-hybridized carbons (Fsp3) is 0.556. The summed E-state index contributed by atoms with van der Waals surface area (Å²) in [7, 11) is 0. The molecule has 0 spiro atoms. The highest BCUT2D eigenvalue weighted by Gasteiger charge is 2.50. The number of nitrogens with zero attached hydrogens (tertiary/aromatic N) is 4. The van der Waals surface area contributed by atoms with E-state index in [0.717, 1.165) is 38.5 Å². The molecule has 3 saturated carbocycles. The number of aryl methyl sites for hydroxylation is 1. The molecule has 3 aliphatic carbocycles. The summed E-state index contributed by atoms with van der Waals surface area (Å²) >= 11 is 6.04. The first-order valence-corrected chi connectivity index (χ1v) is 13.9. The van der Waals surface area contributed by atoms with Crippen molar-refractivity contribution < 1.29 is 37.4 Å². The molecule has 2 unspecified atom stereocenters. The van der Waals surface area contributed by atoms with Crippen molar-refractivity contribution in [1.82, 2.24) is 19.5 Å². The molecule has 4 aliphatic rings. The number of imidazole rings is 1. The second kappa shape index (κ2) is 11.0. The molecule has 15 heteroatoms. The molecular weight excluding hydrogens is 574 g/mol. The number of hydrogen-bond donors (Lipinski definition) is 1. The third-order valence-corrected chi connectivity index (χ3v) is 8.64. The van der Waals surface area contributed by atoms with Crippen LogP contribution in [0.3, 0.4) is 0 Å². The molecule has 14 nitrogen and oxygen atoms in total. The zero-order valence-electron chi connectivity index (χ0n) is 22.6. The number of terminal acetylenes is 1. The van der Waals surface area contributed by atoms with Gasteiger partial charge in [-0.3, -0.25) is 9.36 Å². The van der Waals surface area contributed by atoms with Crippen LogP contribution in [0.15, 0.2) is 20.0 Å². The molecule has 222 valence electrons. The molecule has 3 aromatic heterocycles. The van der Waals surface area contributed by atoms with Crippen LogP contribution in [-0.4, -0.2) is 50.0 Å². The highest BCUT2D eigenvalue weighted by Crippen LogP contribution is 2.51. The number of hydrogen-bond acceptors (Lipinski definition) is 13. The molecule has 1 aliphatic heterocycles. The van der Waals surface area contributed by atoms with Crippen LogP contribution in [0.1, 0.15) is 62.7 Å². The van der Waals surface area contributed by atoms with Gasteiger partial charge < -0.3 is 33.5 Å². The Kier molecular flexibility index (Phi) is 7.32. The van der Waals surface area contributed by atoms with E-state index in [4.69, 9.17) is 51.5 Å². The van der Waals surface area contributed by atoms with Crippen LogP contribution in [0.4, 0.5) is 10.6 Å². The van der Waals surface area contributed by atoms with Gasteiger partial charge in [-0.05, 0) is 63.0 Å². The van der Waals surface area contributed by atoms with E-state index in [0.29, 0.717) is 17.1 Å². The minimum Gasteiger partial charge on any atom is -0.458 e. The maximum absolute atomic E-state index is 13.7. The number of nitrogens with two attached hydrogens (primary N) is 1. The predicted octanol–water partition coefficient (Wildman–Crippen LogP) is 3.44. The number of rotatable bonds is 6. The van der Waals surface area contributed by atoms with Crippen molar-refractivity contribution in [2.24, 2.45) is 11.3 Å². The molecular formula is C27H28ClN5O9. The van der Waals surface area contributed by atoms with Crippen LogP contribution in [0.2, 0.25) is 5.28 Å². The molecule has 4 heterocycles. The molecule has 2 bridgehead atoms. The zero-order chi connectivity index (χ0) is 29.6. The number of anilines is 1. The van der Waals surface area contributed by atoms with Crippen LogP contribution in [0, 0.1) is 30.6 Å². The minimum atomic E-state index is -1.21. The van der Waals surface area contributed by atoms with Crippen molar-refractivity contribution in [3.63, 3.8) is 0 Å². The summed E-state index contributed by atoms with van der Waals surface area (Å²) in [5, 5.41) is -0.0892. The highest BCUT2D eigenvalue weighted by atomic mass is 35.5. The second-order valence-corrected chi connectivity index (χ2v) is 11.2. The zero-order valence-corrected chi connectivity index (χ0v) is 23.4. The Morgan fingerprint density at radius 1 is 1.21 bits per heavy atom. The van der Waals surface area contributed by atoms with E-state index in [2.05, 4.69) is 20.9 Å². The van der Waals surface area contributed by atoms with Crippen LogP contribution >= 0.6 is 11.6 Å². The third kappa shape index (κ3) is 5.18. The van der Waals surface area contributed by atoms with Crippen LogP contribution in [0.25, 0.3) is 11.2 Å². The van der Waals surface area contributed by atoms with Crippen molar-refractivity contribution >= 4 is 40.7 Å². The van der Waals surface area contributed by atoms with Crippen molar-refractivity contribution in [3.05, 3.63) is 33.7 Å². The molecule has 7 rings (SSSR count). The van der Waals surface area contributed by atoms with Crippen LogP contribution < -0.4 is 11.6 Å². The molecule has 4 fully saturated rings. The first-order valence-electron chi connectivity index (χ1n) is 13.6. The standard InChI is InChI=1S/C27H28ClN5O9/c1-3-15-20(42-25(35)37-11-17-13(2)38-26(36)41-17)16(40-23(34)27-7-4-14(5-8-27)6-9-27)10-18(39-15)33-12-30-19-21(29)31-24(28)32-22(19)33/h1,12,14-16,18,20H,4-11H2,2H3,(H2,29,31,32)/t14?,15?,16-,18+,20?,27?/m0/s1. The molecule has 0 amide bonds. The lowest BCUT2D eigenvalue weighted by Gasteiger charge is -2.46. The van der Waals surface area contributed by atoms with Gasteiger partial charge in [0.2, 0.25) is 5.28 Å². The number of nitrogen functional groups attached to an aromatic ring is 1. The Bertz CT molecular complexity index is 1600. The Hall–Kier alpha value is -4.09. The summed E-state index contributed by atoms with van der Waals surface area (Å²) in [6, 6.07) is 0. The van der Waals surface area contributed by atoms with Gasteiger partial charge in [0, 0.05) is 6.42 Å². The lowest BCUT2D eigenvalue weighted by Crippen LogP contribution is -2.52. The van der Waals surface area contributed by atoms with Crippen molar-refractivity contribution in [2.75, 3.05) is 5.73 Å². The Morgan fingerprint density at radius 3 is 2.62 bits per heavy atom. The summed E-state index contributed by atoms with van der Waals surface area (Å²) in [6.45, 7) is 1.06. The summed E-state index contributed by atoms with van der Waals surface area (Å²) in [5.74, 6) is 2.10. The second-order valence-electron chi connectivity index (χ2n) is 10.9. The quantitative estimate of drug-likeness (QED) is 0.246. The van der Waals surface area contributed by atoms with Gasteiger partial charge in [-0.25, -0.2) is 14.6 Å². The average Bonchev–Trinajstić information content (AvgIpc) is 3.55. The Labute approximate surface area is 243 Å². The van der Waals surface area contributed by atoms with Gasteiger partial charge in [-0.15, -0.1) is 6.42 Å². The number of aromatic nitrogens is 4. The van der Waals surface area contributed by atoms with E-state index < -0.39 is 48.5 Å². The lowest BCUT2D eigenvalue weighted by atomic mass is 9.61. The van der Waals surface area contributed by atoms with Gasteiger partial charge in [0.05, 0.1) is 11.7 Å². The summed E-state index contributed by atoms with van der Waals surface area (Å²) in [5.41, 5.74) is 5.97. The van der Waals surface area contributed by atoms with Crippen molar-refractivity contribution in [2.45, 2.75) is 83.0 Å². The first kappa shape index (κ1) is 28.0. The summed E-state index contributed by atoms with van der Waals surface area (Å²) in [6.07, 6.45) is 7.08. The van der Waals surface area contributed by atoms with Gasteiger partial charge in [0.1, 0.15) is 17.8 Å². The maximum Gasteiger partial charge on any atom is 0.519 e. The molecule has 42 heavy (non-hydrogen) atoms. The number of carbonyl (C=O) groups is 2. The fourth-order valence-electron chi connectivity index (χ4n) is 6.11. The van der Waals surface area contributed by atoms with Gasteiger partial charge >= 0.3 is 17.9 Å². The van der Waals surface area contributed by atoms with E-state index in [-0.39, 0.29) is 35.0 Å². The average molecular weight is 602 g/mol. The molecule has 1 saturated heterocycles. The van der Waals surface area contributed by atoms with Crippen LogP contribution in [0.5, 0.6) is 0 Å². The minimum absolute atomic E-state index is 0.0206. The van der Waals surface area contributed by atoms with Crippen molar-refractivity contribution in [3.8, 4) is 12.3 Å². The SMILES string of the molecule is C#CC1O[C@@H](n2cnc3c(N)nc(Cl)nc32)C[C@H](OC(=O)C23CCC(CC2)CC3)C1OC(=O)OCc1oc(=O)oc1C. The van der Waals surface area contributed by atoms with Gasteiger partial charge in [0.25, 0.3) is 0 Å². The maximum atomic E-state index is 13.7. The first-order chi connectivity index (χ1) is 20.2. The normalized spacial score (nSPS) is 28.7. The molecule has 0 radical (unpaired) electrons.